The van der Waals surface area contributed by atoms with Gasteiger partial charge in [0.2, 0.25) is 0 Å². The first-order chi connectivity index (χ1) is 10.9. The smallest absolute Gasteiger partial charge is 0.193 e. The lowest BCUT2D eigenvalue weighted by molar-refractivity contribution is 0.354. The monoisotopic (exact) mass is 383 g/mol. The van der Waals surface area contributed by atoms with Crippen LogP contribution in [-0.4, -0.2) is 45.2 Å². The fraction of sp³-hybridized carbons (Fsp3) is 0.588. The minimum Gasteiger partial charge on any atom is -0.493 e. The van der Waals surface area contributed by atoms with Crippen molar-refractivity contribution < 1.29 is 9.47 Å². The van der Waals surface area contributed by atoms with Crippen molar-refractivity contribution in [1.82, 2.24) is 10.2 Å². The highest BCUT2D eigenvalue weighted by atomic mass is 79.9. The molecule has 0 unspecified atom stereocenters. The van der Waals surface area contributed by atoms with Crippen LogP contribution in [0.2, 0.25) is 0 Å². The van der Waals surface area contributed by atoms with Crippen LogP contribution in [0, 0.1) is 5.41 Å². The van der Waals surface area contributed by atoms with Gasteiger partial charge in [-0.3, -0.25) is 4.99 Å². The first-order valence-electron chi connectivity index (χ1n) is 7.76. The van der Waals surface area contributed by atoms with Gasteiger partial charge in [-0.15, -0.1) is 0 Å². The molecule has 5 nitrogen and oxygen atoms in total. The van der Waals surface area contributed by atoms with Crippen molar-refractivity contribution in [3.8, 4) is 11.5 Å². The van der Waals surface area contributed by atoms with Crippen LogP contribution >= 0.6 is 15.9 Å². The molecule has 0 radical (unpaired) electrons. The van der Waals surface area contributed by atoms with Crippen molar-refractivity contribution in [2.75, 3.05) is 34.4 Å². The Kier molecular flexibility index (Phi) is 5.79. The average Bonchev–Trinajstić information content (AvgIpc) is 2.88. The number of halogens is 1. The second-order valence-electron chi connectivity index (χ2n) is 6.54. The molecule has 0 saturated carbocycles. The van der Waals surface area contributed by atoms with E-state index in [-0.39, 0.29) is 0 Å². The van der Waals surface area contributed by atoms with Crippen LogP contribution in [-0.2, 0) is 6.54 Å². The predicted molar refractivity (Wildman–Crippen MR) is 97.4 cm³/mol. The van der Waals surface area contributed by atoms with E-state index in [0.717, 1.165) is 34.8 Å². The van der Waals surface area contributed by atoms with E-state index in [2.05, 4.69) is 45.0 Å². The Balaban J connectivity index is 2.08. The third kappa shape index (κ3) is 4.31. The molecule has 0 bridgehead atoms. The van der Waals surface area contributed by atoms with E-state index >= 15 is 0 Å². The summed E-state index contributed by atoms with van der Waals surface area (Å²) in [5, 5.41) is 3.44. The fourth-order valence-electron chi connectivity index (χ4n) is 2.83. The van der Waals surface area contributed by atoms with E-state index in [1.807, 2.05) is 19.2 Å². The van der Waals surface area contributed by atoms with Crippen molar-refractivity contribution >= 4 is 21.9 Å². The van der Waals surface area contributed by atoms with Crippen LogP contribution in [0.3, 0.4) is 0 Å². The summed E-state index contributed by atoms with van der Waals surface area (Å²) in [6.45, 7) is 7.33. The summed E-state index contributed by atoms with van der Waals surface area (Å²) in [7, 11) is 5.12. The topological polar surface area (TPSA) is 46.1 Å². The summed E-state index contributed by atoms with van der Waals surface area (Å²) in [6, 6.07) is 3.91. The number of nitrogens with zero attached hydrogens (tertiary/aromatic N) is 2. The van der Waals surface area contributed by atoms with Crippen LogP contribution in [0.15, 0.2) is 21.6 Å². The molecule has 1 heterocycles. The van der Waals surface area contributed by atoms with Crippen molar-refractivity contribution in [1.29, 1.82) is 0 Å². The zero-order valence-electron chi connectivity index (χ0n) is 14.6. The van der Waals surface area contributed by atoms with E-state index in [9.17, 15) is 0 Å². The standard InChI is InChI=1S/C17H26BrN3O2/c1-17(2)6-7-21(11-17)16(19-3)20-10-12-8-14(22-4)15(23-5)9-13(12)18/h8-9H,6-7,10-11H2,1-5H3,(H,19,20). The molecule has 0 atom stereocenters. The van der Waals surface area contributed by atoms with Gasteiger partial charge in [-0.05, 0) is 29.5 Å². The van der Waals surface area contributed by atoms with Gasteiger partial charge in [0.15, 0.2) is 17.5 Å². The molecular formula is C17H26BrN3O2. The van der Waals surface area contributed by atoms with E-state index in [1.54, 1.807) is 14.2 Å². The first kappa shape index (κ1) is 17.9. The van der Waals surface area contributed by atoms with Gasteiger partial charge >= 0.3 is 0 Å². The Morgan fingerprint density at radius 3 is 2.48 bits per heavy atom. The maximum absolute atomic E-state index is 5.38. The minimum absolute atomic E-state index is 0.349. The Bertz CT molecular complexity index is 587. The number of methoxy groups -OCH3 is 2. The van der Waals surface area contributed by atoms with E-state index in [1.165, 1.54) is 6.42 Å². The molecule has 0 aliphatic carbocycles. The third-order valence-electron chi connectivity index (χ3n) is 4.18. The van der Waals surface area contributed by atoms with Crippen molar-refractivity contribution in [2.45, 2.75) is 26.8 Å². The Labute approximate surface area is 147 Å². The zero-order chi connectivity index (χ0) is 17.0. The number of ether oxygens (including phenoxy) is 2. The second-order valence-corrected chi connectivity index (χ2v) is 7.39. The number of benzene rings is 1. The van der Waals surface area contributed by atoms with Crippen LogP contribution in [0.1, 0.15) is 25.8 Å². The minimum atomic E-state index is 0.349. The fourth-order valence-corrected chi connectivity index (χ4v) is 3.29. The van der Waals surface area contributed by atoms with Gasteiger partial charge in [0.1, 0.15) is 0 Å². The number of likely N-dealkylation sites (tertiary alicyclic amines) is 1. The van der Waals surface area contributed by atoms with Gasteiger partial charge in [-0.1, -0.05) is 29.8 Å². The highest BCUT2D eigenvalue weighted by Crippen LogP contribution is 2.33. The van der Waals surface area contributed by atoms with E-state index in [4.69, 9.17) is 9.47 Å². The van der Waals surface area contributed by atoms with Crippen LogP contribution in [0.5, 0.6) is 11.5 Å². The van der Waals surface area contributed by atoms with Crippen molar-refractivity contribution in [3.05, 3.63) is 22.2 Å². The molecule has 2 rings (SSSR count). The molecule has 0 amide bonds. The molecular weight excluding hydrogens is 358 g/mol. The Hall–Kier alpha value is -1.43. The first-order valence-corrected chi connectivity index (χ1v) is 8.55. The molecule has 6 heteroatoms. The number of rotatable bonds is 4. The largest absolute Gasteiger partial charge is 0.493 e. The number of nitrogens with one attached hydrogen (secondary N) is 1. The quantitative estimate of drug-likeness (QED) is 0.640. The molecule has 128 valence electrons. The number of guanidine groups is 1. The maximum Gasteiger partial charge on any atom is 0.193 e. The second kappa shape index (κ2) is 7.43. The summed E-state index contributed by atoms with van der Waals surface area (Å²) >= 11 is 3.60. The van der Waals surface area contributed by atoms with Crippen molar-refractivity contribution in [3.63, 3.8) is 0 Å². The number of hydrogen-bond acceptors (Lipinski definition) is 3. The van der Waals surface area contributed by atoms with Crippen LogP contribution < -0.4 is 14.8 Å². The zero-order valence-corrected chi connectivity index (χ0v) is 16.2. The molecule has 1 aromatic rings. The lowest BCUT2D eigenvalue weighted by Gasteiger charge is -2.24. The normalized spacial score (nSPS) is 17.3. The highest BCUT2D eigenvalue weighted by molar-refractivity contribution is 9.10. The third-order valence-corrected chi connectivity index (χ3v) is 4.92. The molecule has 23 heavy (non-hydrogen) atoms. The van der Waals surface area contributed by atoms with Gasteiger partial charge in [-0.2, -0.15) is 0 Å². The average molecular weight is 384 g/mol. The van der Waals surface area contributed by atoms with Crippen LogP contribution in [0.25, 0.3) is 0 Å². The lowest BCUT2D eigenvalue weighted by atomic mass is 9.93. The number of aliphatic imine (C=N–C) groups is 1. The highest BCUT2D eigenvalue weighted by Gasteiger charge is 2.30. The Morgan fingerprint density at radius 2 is 1.96 bits per heavy atom. The van der Waals surface area contributed by atoms with Crippen molar-refractivity contribution in [2.24, 2.45) is 10.4 Å². The molecule has 1 aromatic carbocycles. The van der Waals surface area contributed by atoms with E-state index < -0.39 is 0 Å². The van der Waals surface area contributed by atoms with E-state index in [0.29, 0.717) is 17.7 Å². The molecule has 1 fully saturated rings. The van der Waals surface area contributed by atoms with Gasteiger partial charge in [0.05, 0.1) is 14.2 Å². The lowest BCUT2D eigenvalue weighted by Crippen LogP contribution is -2.40. The number of hydrogen-bond donors (Lipinski definition) is 1. The molecule has 0 aromatic heterocycles. The molecule has 0 spiro atoms. The SMILES string of the molecule is CN=C(NCc1cc(OC)c(OC)cc1Br)N1CCC(C)(C)C1. The van der Waals surface area contributed by atoms with Gasteiger partial charge in [0, 0.05) is 31.2 Å². The Morgan fingerprint density at radius 1 is 1.30 bits per heavy atom. The summed E-state index contributed by atoms with van der Waals surface area (Å²) in [5.41, 5.74) is 1.45. The summed E-state index contributed by atoms with van der Waals surface area (Å²) < 4.78 is 11.7. The summed E-state index contributed by atoms with van der Waals surface area (Å²) in [5.74, 6) is 2.39. The van der Waals surface area contributed by atoms with Gasteiger partial charge in [0.25, 0.3) is 0 Å². The predicted octanol–water partition coefficient (Wildman–Crippen LogP) is 3.27. The molecule has 1 aliphatic rings. The maximum atomic E-state index is 5.38. The molecule has 1 N–H and O–H groups in total. The van der Waals surface area contributed by atoms with Crippen LogP contribution in [0.4, 0.5) is 0 Å². The van der Waals surface area contributed by atoms with Gasteiger partial charge in [-0.25, -0.2) is 0 Å². The van der Waals surface area contributed by atoms with Gasteiger partial charge < -0.3 is 19.7 Å². The summed E-state index contributed by atoms with van der Waals surface area (Å²) in [4.78, 5) is 6.73. The molecule has 1 saturated heterocycles. The molecule has 1 aliphatic heterocycles. The summed E-state index contributed by atoms with van der Waals surface area (Å²) in [6.07, 6.45) is 1.19.